The molecule has 1 aromatic heterocycles. The molecule has 0 saturated carbocycles. The zero-order valence-corrected chi connectivity index (χ0v) is 10.6. The van der Waals surface area contributed by atoms with Crippen LogP contribution < -0.4 is 10.6 Å². The van der Waals surface area contributed by atoms with Gasteiger partial charge in [0.1, 0.15) is 0 Å². The number of anilines is 1. The lowest BCUT2D eigenvalue weighted by atomic mass is 9.97. The molecule has 16 heavy (non-hydrogen) atoms. The van der Waals surface area contributed by atoms with Crippen molar-refractivity contribution < 1.29 is 4.52 Å². The predicted octanol–water partition coefficient (Wildman–Crippen LogP) is 1.61. The van der Waals surface area contributed by atoms with E-state index in [4.69, 9.17) is 10.3 Å². The van der Waals surface area contributed by atoms with E-state index in [0.717, 1.165) is 13.0 Å². The molecule has 0 fully saturated rings. The van der Waals surface area contributed by atoms with Gasteiger partial charge in [-0.2, -0.15) is 4.98 Å². The second kappa shape index (κ2) is 5.84. The molecule has 0 amide bonds. The normalized spacial score (nSPS) is 13.1. The van der Waals surface area contributed by atoms with E-state index in [1.54, 1.807) is 0 Å². The van der Waals surface area contributed by atoms with Gasteiger partial charge < -0.3 is 15.2 Å². The fourth-order valence-electron chi connectivity index (χ4n) is 1.56. The van der Waals surface area contributed by atoms with Crippen molar-refractivity contribution in [2.24, 2.45) is 11.7 Å². The smallest absolute Gasteiger partial charge is 0.265 e. The van der Waals surface area contributed by atoms with Gasteiger partial charge in [-0.05, 0) is 24.4 Å². The standard InChI is InChI=1S/C11H22N4O/c1-5-15(4)11-13-10(16-14-11)9(7-12)6-8(2)3/h8-9H,5-7,12H2,1-4H3. The average molecular weight is 226 g/mol. The highest BCUT2D eigenvalue weighted by Gasteiger charge is 2.19. The first-order valence-corrected chi connectivity index (χ1v) is 5.83. The second-order valence-corrected chi connectivity index (χ2v) is 4.51. The zero-order chi connectivity index (χ0) is 12.1. The first-order valence-electron chi connectivity index (χ1n) is 5.83. The van der Waals surface area contributed by atoms with Crippen LogP contribution in [0.2, 0.25) is 0 Å². The Kier molecular flexibility index (Phi) is 4.73. The zero-order valence-electron chi connectivity index (χ0n) is 10.6. The van der Waals surface area contributed by atoms with Crippen LogP contribution in [-0.2, 0) is 0 Å². The van der Waals surface area contributed by atoms with E-state index in [9.17, 15) is 0 Å². The van der Waals surface area contributed by atoms with E-state index in [-0.39, 0.29) is 5.92 Å². The third-order valence-electron chi connectivity index (χ3n) is 2.64. The lowest BCUT2D eigenvalue weighted by molar-refractivity contribution is 0.334. The summed E-state index contributed by atoms with van der Waals surface area (Å²) in [5, 5.41) is 3.95. The Balaban J connectivity index is 2.74. The van der Waals surface area contributed by atoms with Crippen LogP contribution in [0.15, 0.2) is 4.52 Å². The van der Waals surface area contributed by atoms with Crippen LogP contribution in [0.4, 0.5) is 5.95 Å². The van der Waals surface area contributed by atoms with Crippen LogP contribution >= 0.6 is 0 Å². The predicted molar refractivity (Wildman–Crippen MR) is 64.5 cm³/mol. The molecule has 1 unspecified atom stereocenters. The molecule has 0 aliphatic heterocycles. The highest BCUT2D eigenvalue weighted by Crippen LogP contribution is 2.22. The molecule has 1 aromatic rings. The molecule has 0 saturated heterocycles. The quantitative estimate of drug-likeness (QED) is 0.798. The Bertz CT molecular complexity index is 311. The minimum absolute atomic E-state index is 0.173. The van der Waals surface area contributed by atoms with E-state index in [1.165, 1.54) is 0 Å². The molecule has 0 aliphatic rings. The highest BCUT2D eigenvalue weighted by atomic mass is 16.5. The van der Waals surface area contributed by atoms with Gasteiger partial charge in [-0.1, -0.05) is 13.8 Å². The third-order valence-corrected chi connectivity index (χ3v) is 2.64. The van der Waals surface area contributed by atoms with Crippen LogP contribution in [0.3, 0.4) is 0 Å². The number of hydrogen-bond donors (Lipinski definition) is 1. The van der Waals surface area contributed by atoms with E-state index in [2.05, 4.69) is 24.0 Å². The van der Waals surface area contributed by atoms with Gasteiger partial charge in [-0.25, -0.2) is 0 Å². The minimum Gasteiger partial charge on any atom is -0.342 e. The van der Waals surface area contributed by atoms with Gasteiger partial charge >= 0.3 is 0 Å². The molecule has 5 nitrogen and oxygen atoms in total. The maximum absolute atomic E-state index is 5.73. The summed E-state index contributed by atoms with van der Waals surface area (Å²) in [4.78, 5) is 6.31. The van der Waals surface area contributed by atoms with Gasteiger partial charge in [-0.3, -0.25) is 0 Å². The summed E-state index contributed by atoms with van der Waals surface area (Å²) >= 11 is 0. The summed E-state index contributed by atoms with van der Waals surface area (Å²) < 4.78 is 5.26. The molecule has 5 heteroatoms. The number of nitrogens with two attached hydrogens (primary N) is 1. The Morgan fingerprint density at radius 3 is 2.62 bits per heavy atom. The van der Waals surface area contributed by atoms with Crippen molar-refractivity contribution in [2.75, 3.05) is 25.0 Å². The van der Waals surface area contributed by atoms with Crippen LogP contribution in [-0.4, -0.2) is 30.3 Å². The Labute approximate surface area is 97.0 Å². The molecule has 0 aromatic carbocycles. The lowest BCUT2D eigenvalue weighted by Crippen LogP contribution is -2.18. The molecule has 1 heterocycles. The summed E-state index contributed by atoms with van der Waals surface area (Å²) in [5.41, 5.74) is 5.73. The molecule has 92 valence electrons. The lowest BCUT2D eigenvalue weighted by Gasteiger charge is -2.12. The first kappa shape index (κ1) is 13.0. The minimum atomic E-state index is 0.173. The van der Waals surface area contributed by atoms with Crippen LogP contribution in [0.5, 0.6) is 0 Å². The molecule has 0 spiro atoms. The summed E-state index contributed by atoms with van der Waals surface area (Å²) in [6, 6.07) is 0. The molecule has 0 radical (unpaired) electrons. The van der Waals surface area contributed by atoms with E-state index < -0.39 is 0 Å². The summed E-state index contributed by atoms with van der Waals surface area (Å²) in [6.45, 7) is 7.78. The van der Waals surface area contributed by atoms with E-state index >= 15 is 0 Å². The Morgan fingerprint density at radius 2 is 2.12 bits per heavy atom. The van der Waals surface area contributed by atoms with Gasteiger partial charge in [0.05, 0.1) is 5.92 Å². The van der Waals surface area contributed by atoms with Crippen molar-refractivity contribution >= 4 is 5.95 Å². The maximum Gasteiger partial charge on any atom is 0.265 e. The Morgan fingerprint density at radius 1 is 1.44 bits per heavy atom. The summed E-state index contributed by atoms with van der Waals surface area (Å²) in [6.07, 6.45) is 0.980. The Hall–Kier alpha value is -1.10. The van der Waals surface area contributed by atoms with Crippen molar-refractivity contribution in [2.45, 2.75) is 33.1 Å². The van der Waals surface area contributed by atoms with E-state index in [1.807, 2.05) is 18.9 Å². The number of rotatable bonds is 6. The number of aromatic nitrogens is 2. The third kappa shape index (κ3) is 3.20. The maximum atomic E-state index is 5.73. The summed E-state index contributed by atoms with van der Waals surface area (Å²) in [5.74, 6) is 2.05. The SMILES string of the molecule is CCN(C)c1noc(C(CN)CC(C)C)n1. The first-order chi connectivity index (χ1) is 7.58. The molecular weight excluding hydrogens is 204 g/mol. The summed E-state index contributed by atoms with van der Waals surface area (Å²) in [7, 11) is 1.94. The van der Waals surface area contributed by atoms with Gasteiger partial charge in [0.25, 0.3) is 5.95 Å². The largest absolute Gasteiger partial charge is 0.342 e. The van der Waals surface area contributed by atoms with Crippen molar-refractivity contribution in [1.29, 1.82) is 0 Å². The molecule has 2 N–H and O–H groups in total. The molecule has 1 rings (SSSR count). The van der Waals surface area contributed by atoms with Gasteiger partial charge in [0.2, 0.25) is 5.89 Å². The molecule has 0 aliphatic carbocycles. The van der Waals surface area contributed by atoms with Gasteiger partial charge in [0.15, 0.2) is 0 Å². The monoisotopic (exact) mass is 226 g/mol. The van der Waals surface area contributed by atoms with E-state index in [0.29, 0.717) is 24.3 Å². The average Bonchev–Trinajstić information content (AvgIpc) is 2.73. The van der Waals surface area contributed by atoms with Crippen molar-refractivity contribution in [3.8, 4) is 0 Å². The van der Waals surface area contributed by atoms with Crippen molar-refractivity contribution in [3.05, 3.63) is 5.89 Å². The topological polar surface area (TPSA) is 68.2 Å². The molecular formula is C11H22N4O. The molecule has 0 bridgehead atoms. The van der Waals surface area contributed by atoms with Crippen molar-refractivity contribution in [1.82, 2.24) is 10.1 Å². The van der Waals surface area contributed by atoms with Gasteiger partial charge in [-0.15, -0.1) is 0 Å². The second-order valence-electron chi connectivity index (χ2n) is 4.51. The number of nitrogens with zero attached hydrogens (tertiary/aromatic N) is 3. The van der Waals surface area contributed by atoms with Crippen LogP contribution in [0.1, 0.15) is 39.0 Å². The fraction of sp³-hybridized carbons (Fsp3) is 0.818. The molecule has 1 atom stereocenters. The van der Waals surface area contributed by atoms with Crippen molar-refractivity contribution in [3.63, 3.8) is 0 Å². The number of hydrogen-bond acceptors (Lipinski definition) is 5. The fourth-order valence-corrected chi connectivity index (χ4v) is 1.56. The van der Waals surface area contributed by atoms with Gasteiger partial charge in [0, 0.05) is 20.1 Å². The van der Waals surface area contributed by atoms with Crippen LogP contribution in [0, 0.1) is 5.92 Å². The van der Waals surface area contributed by atoms with Crippen LogP contribution in [0.25, 0.3) is 0 Å². The highest BCUT2D eigenvalue weighted by molar-refractivity contribution is 5.25.